The number of carbonyl (C=O) groups excluding carboxylic acids is 1. The van der Waals surface area contributed by atoms with Crippen LogP contribution in [0.2, 0.25) is 0 Å². The number of benzene rings is 2. The number of nitrogens with zero attached hydrogens (tertiary/aromatic N) is 4. The lowest BCUT2D eigenvalue weighted by molar-refractivity contribution is -0.122. The van der Waals surface area contributed by atoms with Gasteiger partial charge in [0.2, 0.25) is 11.8 Å². The minimum absolute atomic E-state index is 0.0471. The van der Waals surface area contributed by atoms with Crippen LogP contribution in [0, 0.1) is 12.8 Å². The third-order valence-corrected chi connectivity index (χ3v) is 7.33. The van der Waals surface area contributed by atoms with E-state index in [9.17, 15) is 4.79 Å². The van der Waals surface area contributed by atoms with Gasteiger partial charge in [-0.25, -0.2) is 15.0 Å². The fourth-order valence-corrected chi connectivity index (χ4v) is 5.31. The normalized spacial score (nSPS) is 17.8. The van der Waals surface area contributed by atoms with E-state index in [2.05, 4.69) is 18.0 Å². The molecule has 186 valence electrons. The molecule has 1 aliphatic rings. The summed E-state index contributed by atoms with van der Waals surface area (Å²) in [5, 5.41) is 1.05. The van der Waals surface area contributed by atoms with Crippen LogP contribution in [0.3, 0.4) is 0 Å². The highest BCUT2D eigenvalue weighted by atomic mass is 16.5. The predicted molar refractivity (Wildman–Crippen MR) is 143 cm³/mol. The first-order chi connectivity index (χ1) is 18.0. The number of nitrogens with two attached hydrogens (primary N) is 2. The number of amides is 1. The van der Waals surface area contributed by atoms with Gasteiger partial charge >= 0.3 is 0 Å². The van der Waals surface area contributed by atoms with Crippen molar-refractivity contribution >= 4 is 28.1 Å². The highest BCUT2D eigenvalue weighted by molar-refractivity contribution is 5.87. The number of para-hydroxylation sites is 1. The first-order valence-electron chi connectivity index (χ1n) is 12.5. The van der Waals surface area contributed by atoms with Crippen molar-refractivity contribution in [1.82, 2.24) is 19.4 Å². The van der Waals surface area contributed by atoms with Crippen LogP contribution in [0.5, 0.6) is 11.6 Å². The van der Waals surface area contributed by atoms with E-state index < -0.39 is 0 Å². The van der Waals surface area contributed by atoms with Crippen molar-refractivity contribution in [3.8, 4) is 22.9 Å². The van der Waals surface area contributed by atoms with Crippen LogP contribution in [0.1, 0.15) is 43.0 Å². The predicted octanol–water partition coefficient (Wildman–Crippen LogP) is 5.39. The van der Waals surface area contributed by atoms with Gasteiger partial charge in [-0.2, -0.15) is 0 Å². The van der Waals surface area contributed by atoms with Gasteiger partial charge in [0.25, 0.3) is 0 Å². The van der Waals surface area contributed by atoms with E-state index in [0.29, 0.717) is 11.7 Å². The van der Waals surface area contributed by atoms with Crippen LogP contribution < -0.4 is 16.2 Å². The second-order valence-corrected chi connectivity index (χ2v) is 9.76. The van der Waals surface area contributed by atoms with Crippen molar-refractivity contribution in [3.63, 3.8) is 0 Å². The largest absolute Gasteiger partial charge is 0.439 e. The van der Waals surface area contributed by atoms with Crippen LogP contribution in [-0.4, -0.2) is 25.3 Å². The van der Waals surface area contributed by atoms with Crippen LogP contribution in [0.25, 0.3) is 27.7 Å². The summed E-state index contributed by atoms with van der Waals surface area (Å²) < 4.78 is 8.04. The number of hydrogen-bond donors (Lipinski definition) is 2. The zero-order chi connectivity index (χ0) is 25.5. The van der Waals surface area contributed by atoms with Crippen molar-refractivity contribution in [3.05, 3.63) is 78.4 Å². The minimum Gasteiger partial charge on any atom is -0.439 e. The standard InChI is InChI=1S/C29H28N6O2/c1-17-13-26(37-21-5-3-2-4-6-21)33-23-14-20(11-12-22(17)23)24-16-35-25(27(30)34-24)15-32-29(35)19-9-7-18(8-10-19)28(31)36/h2-6,11-16,18-19H,7-10H2,1H3,(H2,30,34)(H2,31,36). The molecule has 0 spiro atoms. The molecule has 0 radical (unpaired) electrons. The molecule has 0 bridgehead atoms. The Morgan fingerprint density at radius 2 is 1.81 bits per heavy atom. The van der Waals surface area contributed by atoms with Crippen molar-refractivity contribution in [1.29, 1.82) is 0 Å². The Labute approximate surface area is 214 Å². The quantitative estimate of drug-likeness (QED) is 0.339. The number of ether oxygens (including phenoxy) is 1. The molecule has 0 unspecified atom stereocenters. The van der Waals surface area contributed by atoms with Crippen LogP contribution in [-0.2, 0) is 4.79 Å². The lowest BCUT2D eigenvalue weighted by atomic mass is 9.81. The van der Waals surface area contributed by atoms with Crippen molar-refractivity contribution < 1.29 is 9.53 Å². The summed E-state index contributed by atoms with van der Waals surface area (Å²) in [4.78, 5) is 25.7. The maximum atomic E-state index is 11.6. The lowest BCUT2D eigenvalue weighted by Gasteiger charge is -2.25. The Morgan fingerprint density at radius 3 is 2.57 bits per heavy atom. The Kier molecular flexibility index (Phi) is 5.71. The minimum atomic E-state index is -0.209. The number of aromatic nitrogens is 4. The Morgan fingerprint density at radius 1 is 1.03 bits per heavy atom. The molecule has 1 saturated carbocycles. The van der Waals surface area contributed by atoms with E-state index in [-0.39, 0.29) is 17.7 Å². The molecular weight excluding hydrogens is 464 g/mol. The molecule has 1 aliphatic carbocycles. The molecule has 4 N–H and O–H groups in total. The molecule has 3 heterocycles. The second kappa shape index (κ2) is 9.20. The van der Waals surface area contributed by atoms with Gasteiger partial charge in [0.1, 0.15) is 22.9 Å². The van der Waals surface area contributed by atoms with Crippen LogP contribution >= 0.6 is 0 Å². The van der Waals surface area contributed by atoms with Gasteiger partial charge in [0.05, 0.1) is 17.4 Å². The van der Waals surface area contributed by atoms with E-state index in [0.717, 1.165) is 70.5 Å². The lowest BCUT2D eigenvalue weighted by Crippen LogP contribution is -2.27. The summed E-state index contributed by atoms with van der Waals surface area (Å²) in [5.41, 5.74) is 16.2. The number of nitrogen functional groups attached to an aromatic ring is 1. The van der Waals surface area contributed by atoms with Gasteiger partial charge in [-0.1, -0.05) is 30.3 Å². The Balaban J connectivity index is 1.36. The Bertz CT molecular complexity index is 1620. The number of pyridine rings is 1. The summed E-state index contributed by atoms with van der Waals surface area (Å²) >= 11 is 0. The van der Waals surface area contributed by atoms with Crippen LogP contribution in [0.4, 0.5) is 5.82 Å². The molecule has 1 amide bonds. The van der Waals surface area contributed by atoms with Gasteiger partial charge in [-0.3, -0.25) is 9.20 Å². The second-order valence-electron chi connectivity index (χ2n) is 9.76. The number of primary amides is 1. The molecule has 0 atom stereocenters. The van der Waals surface area contributed by atoms with E-state index in [4.69, 9.17) is 26.2 Å². The van der Waals surface area contributed by atoms with E-state index in [1.54, 1.807) is 6.20 Å². The van der Waals surface area contributed by atoms with Crippen molar-refractivity contribution in [2.24, 2.45) is 11.7 Å². The molecule has 1 fully saturated rings. The summed E-state index contributed by atoms with van der Waals surface area (Å²) in [6.07, 6.45) is 7.07. The number of carbonyl (C=O) groups is 1. The number of imidazole rings is 1. The first kappa shape index (κ1) is 23.0. The maximum Gasteiger partial charge on any atom is 0.220 e. The number of anilines is 1. The van der Waals surface area contributed by atoms with Gasteiger partial charge in [0.15, 0.2) is 0 Å². The molecule has 6 rings (SSSR count). The maximum absolute atomic E-state index is 11.6. The summed E-state index contributed by atoms with van der Waals surface area (Å²) in [7, 11) is 0. The third kappa shape index (κ3) is 4.35. The molecule has 8 nitrogen and oxygen atoms in total. The van der Waals surface area contributed by atoms with Gasteiger partial charge in [-0.05, 0) is 56.4 Å². The molecule has 8 heteroatoms. The molecular formula is C29H28N6O2. The topological polar surface area (TPSA) is 121 Å². The summed E-state index contributed by atoms with van der Waals surface area (Å²) in [6, 6.07) is 17.7. The average Bonchev–Trinajstić information content (AvgIpc) is 3.34. The first-order valence-corrected chi connectivity index (χ1v) is 12.5. The molecule has 5 aromatic rings. The summed E-state index contributed by atoms with van der Waals surface area (Å²) in [6.45, 7) is 2.05. The zero-order valence-electron chi connectivity index (χ0n) is 20.6. The third-order valence-electron chi connectivity index (χ3n) is 7.33. The smallest absolute Gasteiger partial charge is 0.220 e. The SMILES string of the molecule is Cc1cc(Oc2ccccc2)nc2cc(-c3cn4c(C5CCC(C(N)=O)CC5)ncc4c(N)n3)ccc12. The van der Waals surface area contributed by atoms with E-state index >= 15 is 0 Å². The Hall–Kier alpha value is -4.46. The fraction of sp³-hybridized carbons (Fsp3) is 0.241. The monoisotopic (exact) mass is 492 g/mol. The van der Waals surface area contributed by atoms with Crippen molar-refractivity contribution in [2.75, 3.05) is 5.73 Å². The van der Waals surface area contributed by atoms with E-state index in [1.807, 2.05) is 59.1 Å². The van der Waals surface area contributed by atoms with Gasteiger partial charge in [0, 0.05) is 35.0 Å². The average molecular weight is 493 g/mol. The number of aryl methyl sites for hydroxylation is 1. The fourth-order valence-electron chi connectivity index (χ4n) is 5.31. The van der Waals surface area contributed by atoms with Gasteiger partial charge < -0.3 is 16.2 Å². The molecule has 3 aromatic heterocycles. The van der Waals surface area contributed by atoms with Crippen molar-refractivity contribution in [2.45, 2.75) is 38.5 Å². The van der Waals surface area contributed by atoms with E-state index in [1.165, 1.54) is 0 Å². The molecule has 2 aromatic carbocycles. The molecule has 0 aliphatic heterocycles. The molecule has 37 heavy (non-hydrogen) atoms. The highest BCUT2D eigenvalue weighted by Crippen LogP contribution is 2.36. The molecule has 0 saturated heterocycles. The number of rotatable bonds is 5. The number of hydrogen-bond acceptors (Lipinski definition) is 6. The van der Waals surface area contributed by atoms with Crippen LogP contribution in [0.15, 0.2) is 67.0 Å². The highest BCUT2D eigenvalue weighted by Gasteiger charge is 2.28. The summed E-state index contributed by atoms with van der Waals surface area (Å²) in [5.74, 6) is 2.64. The van der Waals surface area contributed by atoms with Gasteiger partial charge in [-0.15, -0.1) is 0 Å². The zero-order valence-corrected chi connectivity index (χ0v) is 20.6. The number of fused-ring (bicyclic) bond motifs is 2.